The van der Waals surface area contributed by atoms with Gasteiger partial charge in [0.05, 0.1) is 5.92 Å². The number of carbonyl (C=O) groups excluding carboxylic acids is 1. The summed E-state index contributed by atoms with van der Waals surface area (Å²) in [7, 11) is 0. The Kier molecular flexibility index (Phi) is 3.68. The smallest absolute Gasteiger partial charge is 0.229 e. The Morgan fingerprint density at radius 3 is 2.90 bits per heavy atom. The van der Waals surface area contributed by atoms with E-state index in [1.807, 2.05) is 32.0 Å². The van der Waals surface area contributed by atoms with E-state index in [0.717, 1.165) is 35.8 Å². The first-order valence-electron chi connectivity index (χ1n) is 7.46. The van der Waals surface area contributed by atoms with E-state index in [0.29, 0.717) is 5.92 Å². The van der Waals surface area contributed by atoms with E-state index in [2.05, 4.69) is 22.5 Å². The second-order valence-electron chi connectivity index (χ2n) is 6.12. The molecule has 2 heterocycles. The van der Waals surface area contributed by atoms with E-state index in [1.165, 1.54) is 0 Å². The molecule has 0 bridgehead atoms. The number of nitrogens with one attached hydrogen (secondary N) is 2. The molecule has 0 saturated carbocycles. The van der Waals surface area contributed by atoms with Crippen molar-refractivity contribution < 1.29 is 9.21 Å². The lowest BCUT2D eigenvalue weighted by Gasteiger charge is -2.14. The van der Waals surface area contributed by atoms with Crippen molar-refractivity contribution in [3.05, 3.63) is 24.1 Å². The van der Waals surface area contributed by atoms with Crippen molar-refractivity contribution in [2.45, 2.75) is 26.7 Å². The molecule has 1 aromatic heterocycles. The molecule has 2 N–H and O–H groups in total. The normalized spacial score (nSPS) is 22.1. The third-order valence-corrected chi connectivity index (χ3v) is 4.02. The Morgan fingerprint density at radius 2 is 2.24 bits per heavy atom. The van der Waals surface area contributed by atoms with Crippen molar-refractivity contribution in [2.75, 3.05) is 18.4 Å². The lowest BCUT2D eigenvalue weighted by atomic mass is 9.97. The first kappa shape index (κ1) is 14.1. The van der Waals surface area contributed by atoms with Crippen LogP contribution in [0, 0.1) is 11.8 Å². The molecule has 5 heteroatoms. The van der Waals surface area contributed by atoms with E-state index in [9.17, 15) is 4.79 Å². The predicted molar refractivity (Wildman–Crippen MR) is 82.3 cm³/mol. The Labute approximate surface area is 124 Å². The lowest BCUT2D eigenvalue weighted by molar-refractivity contribution is -0.120. The van der Waals surface area contributed by atoms with E-state index in [-0.39, 0.29) is 17.7 Å². The van der Waals surface area contributed by atoms with Gasteiger partial charge in [-0.25, -0.2) is 4.98 Å². The summed E-state index contributed by atoms with van der Waals surface area (Å²) in [6.07, 6.45) is 0. The summed E-state index contributed by atoms with van der Waals surface area (Å²) in [5.74, 6) is 1.44. The third kappa shape index (κ3) is 2.78. The van der Waals surface area contributed by atoms with Gasteiger partial charge in [0.15, 0.2) is 11.5 Å². The molecule has 0 spiro atoms. The Morgan fingerprint density at radius 1 is 1.43 bits per heavy atom. The number of nitrogens with zero attached hydrogens (tertiary/aromatic N) is 1. The summed E-state index contributed by atoms with van der Waals surface area (Å²) in [6.45, 7) is 7.83. The van der Waals surface area contributed by atoms with E-state index >= 15 is 0 Å². The second-order valence-corrected chi connectivity index (χ2v) is 6.12. The molecule has 21 heavy (non-hydrogen) atoms. The Bertz CT molecular complexity index is 663. The molecule has 112 valence electrons. The highest BCUT2D eigenvalue weighted by atomic mass is 16.3. The van der Waals surface area contributed by atoms with Gasteiger partial charge in [0.1, 0.15) is 5.52 Å². The number of aromatic nitrogens is 1. The van der Waals surface area contributed by atoms with Gasteiger partial charge in [0.2, 0.25) is 5.91 Å². The molecular formula is C16H21N3O2. The highest BCUT2D eigenvalue weighted by Gasteiger charge is 2.29. The fourth-order valence-electron chi connectivity index (χ4n) is 2.67. The maximum atomic E-state index is 12.3. The van der Waals surface area contributed by atoms with E-state index in [4.69, 9.17) is 4.42 Å². The SMILES string of the molecule is CC(C)c1nc2cc(NC(=O)[C@@H]3CNC[C@H]3C)ccc2o1. The van der Waals surface area contributed by atoms with Crippen LogP contribution in [-0.4, -0.2) is 24.0 Å². The summed E-state index contributed by atoms with van der Waals surface area (Å²) in [4.78, 5) is 16.7. The third-order valence-electron chi connectivity index (χ3n) is 4.02. The highest BCUT2D eigenvalue weighted by Crippen LogP contribution is 2.25. The summed E-state index contributed by atoms with van der Waals surface area (Å²) in [5, 5.41) is 6.23. The standard InChI is InChI=1S/C16H21N3O2/c1-9(2)16-19-13-6-11(4-5-14(13)21-16)18-15(20)12-8-17-7-10(12)3/h4-6,9-10,12,17H,7-8H2,1-3H3,(H,18,20)/t10-,12-/m1/s1. The fourth-order valence-corrected chi connectivity index (χ4v) is 2.67. The number of hydrogen-bond donors (Lipinski definition) is 2. The average Bonchev–Trinajstić information content (AvgIpc) is 3.04. The molecule has 1 aromatic carbocycles. The Hall–Kier alpha value is -1.88. The zero-order valence-corrected chi connectivity index (χ0v) is 12.6. The van der Waals surface area contributed by atoms with Crippen LogP contribution in [0.2, 0.25) is 0 Å². The molecule has 3 rings (SSSR count). The van der Waals surface area contributed by atoms with Crippen LogP contribution in [0.25, 0.3) is 11.1 Å². The molecule has 1 saturated heterocycles. The molecule has 0 aliphatic carbocycles. The second kappa shape index (κ2) is 5.48. The lowest BCUT2D eigenvalue weighted by Crippen LogP contribution is -2.27. The van der Waals surface area contributed by atoms with Gasteiger partial charge in [-0.15, -0.1) is 0 Å². The van der Waals surface area contributed by atoms with Gasteiger partial charge >= 0.3 is 0 Å². The number of anilines is 1. The number of oxazole rings is 1. The Balaban J connectivity index is 1.79. The summed E-state index contributed by atoms with van der Waals surface area (Å²) in [6, 6.07) is 5.60. The van der Waals surface area contributed by atoms with Crippen molar-refractivity contribution in [1.82, 2.24) is 10.3 Å². The van der Waals surface area contributed by atoms with Crippen LogP contribution in [0.3, 0.4) is 0 Å². The van der Waals surface area contributed by atoms with Crippen molar-refractivity contribution in [3.8, 4) is 0 Å². The average molecular weight is 287 g/mol. The number of rotatable bonds is 3. The van der Waals surface area contributed by atoms with Crippen molar-refractivity contribution in [3.63, 3.8) is 0 Å². The maximum Gasteiger partial charge on any atom is 0.229 e. The number of amides is 1. The van der Waals surface area contributed by atoms with Crippen LogP contribution in [0.4, 0.5) is 5.69 Å². The highest BCUT2D eigenvalue weighted by molar-refractivity contribution is 5.94. The molecule has 1 aliphatic rings. The zero-order valence-electron chi connectivity index (χ0n) is 12.6. The minimum Gasteiger partial charge on any atom is -0.440 e. The first-order valence-corrected chi connectivity index (χ1v) is 7.46. The molecule has 1 aliphatic heterocycles. The minimum atomic E-state index is 0.0317. The zero-order chi connectivity index (χ0) is 15.0. The number of hydrogen-bond acceptors (Lipinski definition) is 4. The molecular weight excluding hydrogens is 266 g/mol. The van der Waals surface area contributed by atoms with Gasteiger partial charge in [0, 0.05) is 18.2 Å². The van der Waals surface area contributed by atoms with Crippen LogP contribution in [0.5, 0.6) is 0 Å². The number of carbonyl (C=O) groups is 1. The summed E-state index contributed by atoms with van der Waals surface area (Å²) < 4.78 is 5.67. The van der Waals surface area contributed by atoms with Gasteiger partial charge in [-0.3, -0.25) is 4.79 Å². The van der Waals surface area contributed by atoms with Gasteiger partial charge in [0.25, 0.3) is 0 Å². The summed E-state index contributed by atoms with van der Waals surface area (Å²) in [5.41, 5.74) is 2.32. The number of fused-ring (bicyclic) bond motifs is 1. The minimum absolute atomic E-state index is 0.0317. The molecule has 1 amide bonds. The molecule has 2 aromatic rings. The summed E-state index contributed by atoms with van der Waals surface area (Å²) >= 11 is 0. The van der Waals surface area contributed by atoms with E-state index in [1.54, 1.807) is 0 Å². The van der Waals surface area contributed by atoms with E-state index < -0.39 is 0 Å². The monoisotopic (exact) mass is 287 g/mol. The van der Waals surface area contributed by atoms with Crippen LogP contribution < -0.4 is 10.6 Å². The largest absolute Gasteiger partial charge is 0.440 e. The number of benzene rings is 1. The van der Waals surface area contributed by atoms with Crippen LogP contribution >= 0.6 is 0 Å². The van der Waals surface area contributed by atoms with Gasteiger partial charge < -0.3 is 15.1 Å². The van der Waals surface area contributed by atoms with Crippen molar-refractivity contribution in [2.24, 2.45) is 11.8 Å². The predicted octanol–water partition coefficient (Wildman–Crippen LogP) is 2.75. The molecule has 0 radical (unpaired) electrons. The molecule has 2 atom stereocenters. The van der Waals surface area contributed by atoms with Gasteiger partial charge in [-0.2, -0.15) is 0 Å². The van der Waals surface area contributed by atoms with Gasteiger partial charge in [-0.05, 0) is 30.7 Å². The molecule has 0 unspecified atom stereocenters. The quantitative estimate of drug-likeness (QED) is 0.911. The first-order chi connectivity index (χ1) is 10.0. The van der Waals surface area contributed by atoms with Crippen LogP contribution in [0.1, 0.15) is 32.6 Å². The van der Waals surface area contributed by atoms with Crippen LogP contribution in [0.15, 0.2) is 22.6 Å². The van der Waals surface area contributed by atoms with Gasteiger partial charge in [-0.1, -0.05) is 20.8 Å². The van der Waals surface area contributed by atoms with Crippen molar-refractivity contribution >= 4 is 22.7 Å². The fraction of sp³-hybridized carbons (Fsp3) is 0.500. The maximum absolute atomic E-state index is 12.3. The van der Waals surface area contributed by atoms with Crippen molar-refractivity contribution in [1.29, 1.82) is 0 Å². The molecule has 1 fully saturated rings. The topological polar surface area (TPSA) is 67.2 Å². The molecule has 5 nitrogen and oxygen atoms in total. The van der Waals surface area contributed by atoms with Crippen LogP contribution in [-0.2, 0) is 4.79 Å².